The minimum Gasteiger partial charge on any atom is -0.365 e. The first-order chi connectivity index (χ1) is 12.3. The van der Waals surface area contributed by atoms with E-state index in [1.165, 1.54) is 13.8 Å². The first-order valence-electron chi connectivity index (χ1n) is 7.61. The number of hydrogen-bond acceptors (Lipinski definition) is 2. The van der Waals surface area contributed by atoms with Gasteiger partial charge in [-0.25, -0.2) is 23.5 Å². The third kappa shape index (κ3) is 1.75. The number of halogens is 6. The van der Waals surface area contributed by atoms with Crippen LogP contribution in [0.15, 0.2) is 44.3 Å². The fraction of sp³-hybridized carbons (Fsp3) is 0.368. The molecule has 1 fully saturated rings. The molecule has 2 atom stereocenters. The molecule has 140 valence electrons. The van der Waals surface area contributed by atoms with Crippen LogP contribution in [0.5, 0.6) is 0 Å². The molecule has 0 aromatic heterocycles. The molecule has 0 unspecified atom stereocenters. The van der Waals surface area contributed by atoms with Crippen molar-refractivity contribution < 1.29 is 26.3 Å². The Morgan fingerprint density at radius 2 is 1.07 bits per heavy atom. The Hall–Kier alpha value is -1.64. The summed E-state index contributed by atoms with van der Waals surface area (Å²) in [6.45, 7) is 2.99. The van der Waals surface area contributed by atoms with Gasteiger partial charge in [0, 0.05) is 20.6 Å². The van der Waals surface area contributed by atoms with Crippen LogP contribution in [0.3, 0.4) is 0 Å². The van der Waals surface area contributed by atoms with Gasteiger partial charge in [-0.15, -0.1) is 12.2 Å². The van der Waals surface area contributed by atoms with Crippen molar-refractivity contribution in [3.05, 3.63) is 57.1 Å². The molecule has 0 radical (unpaired) electrons. The topological polar surface area (TPSA) is 0 Å². The van der Waals surface area contributed by atoms with E-state index in [2.05, 4.69) is 0 Å². The second-order valence-corrected chi connectivity index (χ2v) is 9.76. The summed E-state index contributed by atoms with van der Waals surface area (Å²) in [6.07, 6.45) is 16.7. The van der Waals surface area contributed by atoms with Gasteiger partial charge in [0.25, 0.3) is 0 Å². The normalized spacial score (nSPS) is 37.1. The van der Waals surface area contributed by atoms with E-state index >= 15 is 0 Å². The SMILES string of the molecule is [C-]#CC1=CC2=C3C(=C4C=C(C#[C-])S[C@]4(C)[C@@]2(C)S1)C(F)(F)C(F)(F)C3(F)F. The van der Waals surface area contributed by atoms with E-state index in [1.54, 1.807) is 0 Å². The molecule has 0 aromatic rings. The first kappa shape index (κ1) is 18.7. The Morgan fingerprint density at radius 3 is 1.37 bits per heavy atom. The Labute approximate surface area is 160 Å². The maximum atomic E-state index is 14.6. The summed E-state index contributed by atoms with van der Waals surface area (Å²) in [5.41, 5.74) is -3.46. The number of thioether (sulfide) groups is 2. The van der Waals surface area contributed by atoms with E-state index < -0.39 is 38.4 Å². The first-order valence-corrected chi connectivity index (χ1v) is 9.24. The van der Waals surface area contributed by atoms with Gasteiger partial charge in [0.05, 0.1) is 0 Å². The number of allylic oxidation sites excluding steroid dienone is 6. The summed E-state index contributed by atoms with van der Waals surface area (Å²) in [7, 11) is 0. The average Bonchev–Trinajstić information content (AvgIpc) is 3.13. The number of rotatable bonds is 0. The van der Waals surface area contributed by atoms with Crippen molar-refractivity contribution in [2.45, 2.75) is 41.1 Å². The standard InChI is InChI=1S/C19H8F6S2/c1-5-9-7-11-13-14(18(22,23)19(24,25)17(13,20)21)12-8-10(6-2)27-16(12,4)15(11,3)26-9/h7-8H,3-4H3/q-2/t15-,16-/m0/s1. The van der Waals surface area contributed by atoms with E-state index in [0.29, 0.717) is 0 Å². The van der Waals surface area contributed by atoms with Crippen molar-refractivity contribution in [1.82, 2.24) is 0 Å². The van der Waals surface area contributed by atoms with Gasteiger partial charge in [-0.05, 0) is 25.0 Å². The van der Waals surface area contributed by atoms with Crippen molar-refractivity contribution in [3.63, 3.8) is 0 Å². The molecule has 4 rings (SSSR count). The molecule has 2 aliphatic carbocycles. The quantitative estimate of drug-likeness (QED) is 0.293. The summed E-state index contributed by atoms with van der Waals surface area (Å²) in [4.78, 5) is 0.174. The van der Waals surface area contributed by atoms with E-state index in [4.69, 9.17) is 12.8 Å². The second-order valence-electron chi connectivity index (χ2n) is 6.84. The predicted molar refractivity (Wildman–Crippen MR) is 91.3 cm³/mol. The molecule has 0 saturated heterocycles. The van der Waals surface area contributed by atoms with Crippen LogP contribution in [-0.2, 0) is 0 Å². The number of hydrogen-bond donors (Lipinski definition) is 0. The van der Waals surface area contributed by atoms with Crippen LogP contribution in [0.25, 0.3) is 0 Å². The van der Waals surface area contributed by atoms with Crippen LogP contribution >= 0.6 is 23.5 Å². The van der Waals surface area contributed by atoms with Gasteiger partial charge in [-0.2, -0.15) is 26.3 Å². The molecule has 8 heteroatoms. The third-order valence-corrected chi connectivity index (χ3v) is 8.65. The molecule has 0 aromatic carbocycles. The lowest BCUT2D eigenvalue weighted by Gasteiger charge is -2.49. The smallest absolute Gasteiger partial charge is 0.365 e. The molecule has 4 aliphatic rings. The Balaban J connectivity index is 2.20. The second kappa shape index (κ2) is 4.85. The van der Waals surface area contributed by atoms with Crippen LogP contribution in [0.4, 0.5) is 26.3 Å². The van der Waals surface area contributed by atoms with Crippen molar-refractivity contribution in [1.29, 1.82) is 0 Å². The highest BCUT2D eigenvalue weighted by atomic mass is 32.2. The van der Waals surface area contributed by atoms with Gasteiger partial charge < -0.3 is 12.8 Å². The summed E-state index contributed by atoms with van der Waals surface area (Å²) >= 11 is 1.88. The van der Waals surface area contributed by atoms with Crippen LogP contribution in [0, 0.1) is 24.7 Å². The molecule has 2 aliphatic heterocycles. The predicted octanol–water partition coefficient (Wildman–Crippen LogP) is 5.47. The lowest BCUT2D eigenvalue weighted by Crippen LogP contribution is -2.48. The molecule has 0 amide bonds. The lowest BCUT2D eigenvalue weighted by molar-refractivity contribution is -0.258. The molecular formula is C19H8F6S2-2. The zero-order valence-electron chi connectivity index (χ0n) is 13.7. The minimum absolute atomic E-state index is 0.0871. The monoisotopic (exact) mass is 414 g/mol. The van der Waals surface area contributed by atoms with E-state index in [0.717, 1.165) is 35.7 Å². The number of alkyl halides is 6. The van der Waals surface area contributed by atoms with Crippen molar-refractivity contribution >= 4 is 23.5 Å². The average molecular weight is 414 g/mol. The highest BCUT2D eigenvalue weighted by Gasteiger charge is 2.83. The van der Waals surface area contributed by atoms with Gasteiger partial charge in [-0.3, -0.25) is 11.8 Å². The largest absolute Gasteiger partial charge is 0.380 e. The van der Waals surface area contributed by atoms with E-state index in [-0.39, 0.29) is 21.0 Å². The Bertz CT molecular complexity index is 934. The van der Waals surface area contributed by atoms with Gasteiger partial charge >= 0.3 is 17.8 Å². The fourth-order valence-electron chi connectivity index (χ4n) is 4.03. The Kier molecular flexibility index (Phi) is 3.36. The van der Waals surface area contributed by atoms with Crippen LogP contribution in [-0.4, -0.2) is 27.3 Å². The van der Waals surface area contributed by atoms with Crippen LogP contribution in [0.2, 0.25) is 0 Å². The molecule has 0 spiro atoms. The Morgan fingerprint density at radius 1 is 0.741 bits per heavy atom. The summed E-state index contributed by atoms with van der Waals surface area (Å²) in [5, 5.41) is 0. The highest BCUT2D eigenvalue weighted by molar-refractivity contribution is 8.09. The van der Waals surface area contributed by atoms with Crippen LogP contribution < -0.4 is 0 Å². The maximum absolute atomic E-state index is 14.6. The highest BCUT2D eigenvalue weighted by Crippen LogP contribution is 2.73. The maximum Gasteiger partial charge on any atom is 0.380 e. The fourth-order valence-corrected chi connectivity index (χ4v) is 6.77. The molecular weight excluding hydrogens is 406 g/mol. The third-order valence-electron chi connectivity index (χ3n) is 5.57. The minimum atomic E-state index is -5.60. The molecule has 0 nitrogen and oxygen atoms in total. The zero-order chi connectivity index (χ0) is 20.2. The van der Waals surface area contributed by atoms with Gasteiger partial charge in [0.15, 0.2) is 0 Å². The molecule has 0 bridgehead atoms. The van der Waals surface area contributed by atoms with Crippen LogP contribution in [0.1, 0.15) is 13.8 Å². The van der Waals surface area contributed by atoms with Crippen molar-refractivity contribution in [3.8, 4) is 11.8 Å². The van der Waals surface area contributed by atoms with E-state index in [9.17, 15) is 26.3 Å². The number of fused-ring (bicyclic) bond motifs is 4. The zero-order valence-corrected chi connectivity index (χ0v) is 15.4. The molecule has 27 heavy (non-hydrogen) atoms. The van der Waals surface area contributed by atoms with Gasteiger partial charge in [0.1, 0.15) is 0 Å². The lowest BCUT2D eigenvalue weighted by atomic mass is 9.71. The van der Waals surface area contributed by atoms with Gasteiger partial charge in [-0.1, -0.05) is 9.81 Å². The van der Waals surface area contributed by atoms with Crippen molar-refractivity contribution in [2.24, 2.45) is 0 Å². The summed E-state index contributed by atoms with van der Waals surface area (Å²) < 4.78 is 84.3. The molecule has 1 saturated carbocycles. The van der Waals surface area contributed by atoms with Gasteiger partial charge in [0.2, 0.25) is 0 Å². The molecule has 2 heterocycles. The summed E-state index contributed by atoms with van der Waals surface area (Å²) in [5.74, 6) is -11.7. The molecule has 0 N–H and O–H groups in total. The van der Waals surface area contributed by atoms with E-state index in [1.807, 2.05) is 11.8 Å². The summed E-state index contributed by atoms with van der Waals surface area (Å²) in [6, 6.07) is 0. The van der Waals surface area contributed by atoms with Crippen molar-refractivity contribution in [2.75, 3.05) is 0 Å².